The van der Waals surface area contributed by atoms with Crippen LogP contribution >= 0.6 is 0 Å². The van der Waals surface area contributed by atoms with Crippen molar-refractivity contribution in [1.29, 1.82) is 0 Å². The molecule has 0 amide bonds. The smallest absolute Gasteiger partial charge is 0.152 e. The van der Waals surface area contributed by atoms with Gasteiger partial charge >= 0.3 is 0 Å². The van der Waals surface area contributed by atoms with E-state index in [0.29, 0.717) is 5.82 Å². The molecule has 20 heavy (non-hydrogen) atoms. The predicted octanol–water partition coefficient (Wildman–Crippen LogP) is 3.23. The molecule has 0 saturated heterocycles. The monoisotopic (exact) mass is 266 g/mol. The van der Waals surface area contributed by atoms with Crippen molar-refractivity contribution in [2.45, 2.75) is 6.92 Å². The van der Waals surface area contributed by atoms with Crippen molar-refractivity contribution < 1.29 is 5.11 Å². The zero-order valence-corrected chi connectivity index (χ0v) is 11.0. The minimum Gasteiger partial charge on any atom is -0.508 e. The first-order chi connectivity index (χ1) is 9.72. The van der Waals surface area contributed by atoms with Crippen molar-refractivity contribution in [3.63, 3.8) is 0 Å². The first-order valence-corrected chi connectivity index (χ1v) is 6.26. The number of aromatic hydroxyl groups is 1. The molecule has 0 aliphatic carbocycles. The van der Waals surface area contributed by atoms with Gasteiger partial charge < -0.3 is 10.4 Å². The van der Waals surface area contributed by atoms with Gasteiger partial charge in [0.15, 0.2) is 5.82 Å². The van der Waals surface area contributed by atoms with Crippen molar-refractivity contribution in [3.05, 3.63) is 54.2 Å². The molecule has 0 aliphatic heterocycles. The van der Waals surface area contributed by atoms with E-state index < -0.39 is 0 Å². The number of benzene rings is 1. The van der Waals surface area contributed by atoms with Gasteiger partial charge in [0.1, 0.15) is 5.75 Å². The van der Waals surface area contributed by atoms with Crippen LogP contribution in [-0.4, -0.2) is 20.3 Å². The maximum absolute atomic E-state index is 9.40. The third kappa shape index (κ3) is 2.47. The Balaban J connectivity index is 1.84. The van der Waals surface area contributed by atoms with Crippen LogP contribution in [0.5, 0.6) is 5.75 Å². The van der Waals surface area contributed by atoms with Crippen LogP contribution in [0.15, 0.2) is 48.7 Å². The number of aryl methyl sites for hydroxylation is 1. The van der Waals surface area contributed by atoms with Gasteiger partial charge in [-0.1, -0.05) is 6.07 Å². The maximum atomic E-state index is 9.40. The van der Waals surface area contributed by atoms with E-state index in [9.17, 15) is 5.11 Å². The molecule has 0 aliphatic rings. The highest BCUT2D eigenvalue weighted by Gasteiger charge is 2.06. The predicted molar refractivity (Wildman–Crippen MR) is 77.9 cm³/mol. The minimum atomic E-state index is 0.254. The van der Waals surface area contributed by atoms with Crippen molar-refractivity contribution in [3.8, 4) is 17.1 Å². The van der Waals surface area contributed by atoms with Crippen LogP contribution in [-0.2, 0) is 0 Å². The van der Waals surface area contributed by atoms with E-state index in [1.165, 1.54) is 0 Å². The fourth-order valence-electron chi connectivity index (χ4n) is 1.97. The maximum Gasteiger partial charge on any atom is 0.152 e. The summed E-state index contributed by atoms with van der Waals surface area (Å²) in [5.41, 5.74) is 3.55. The Morgan fingerprint density at radius 3 is 2.80 bits per heavy atom. The van der Waals surface area contributed by atoms with Crippen LogP contribution in [0, 0.1) is 6.92 Å². The van der Waals surface area contributed by atoms with Crippen LogP contribution in [0.1, 0.15) is 5.56 Å². The molecular weight excluding hydrogens is 252 g/mol. The molecule has 0 spiro atoms. The van der Waals surface area contributed by atoms with Gasteiger partial charge in [0, 0.05) is 18.0 Å². The van der Waals surface area contributed by atoms with Gasteiger partial charge in [0.25, 0.3) is 0 Å². The summed E-state index contributed by atoms with van der Waals surface area (Å²) in [4.78, 5) is 4.27. The number of nitrogens with one attached hydrogen (secondary N) is 2. The highest BCUT2D eigenvalue weighted by Crippen LogP contribution is 2.24. The van der Waals surface area contributed by atoms with Crippen LogP contribution in [0.4, 0.5) is 11.5 Å². The van der Waals surface area contributed by atoms with Gasteiger partial charge in [-0.15, -0.1) is 0 Å². The van der Waals surface area contributed by atoms with Crippen LogP contribution in [0.3, 0.4) is 0 Å². The van der Waals surface area contributed by atoms with E-state index in [-0.39, 0.29) is 5.75 Å². The van der Waals surface area contributed by atoms with E-state index in [4.69, 9.17) is 0 Å². The molecule has 3 rings (SSSR count). The summed E-state index contributed by atoms with van der Waals surface area (Å²) in [5.74, 6) is 0.962. The lowest BCUT2D eigenvalue weighted by atomic mass is 10.2. The van der Waals surface area contributed by atoms with Crippen molar-refractivity contribution in [2.75, 3.05) is 5.32 Å². The second-order valence-corrected chi connectivity index (χ2v) is 4.51. The van der Waals surface area contributed by atoms with Gasteiger partial charge in [-0.05, 0) is 42.8 Å². The molecule has 100 valence electrons. The number of anilines is 2. The Morgan fingerprint density at radius 2 is 2.05 bits per heavy atom. The average molecular weight is 266 g/mol. The number of aromatic nitrogens is 3. The molecule has 3 aromatic rings. The van der Waals surface area contributed by atoms with Crippen molar-refractivity contribution >= 4 is 11.5 Å². The third-order valence-corrected chi connectivity index (χ3v) is 2.99. The standard InChI is InChI=1S/C15H14N4O/c1-10-8-11(20)5-6-12(10)17-15-9-14(18-19-15)13-4-2-3-7-16-13/h2-9,20H,1H3,(H2,17,18,19). The van der Waals surface area contributed by atoms with E-state index >= 15 is 0 Å². The zero-order chi connectivity index (χ0) is 13.9. The lowest BCUT2D eigenvalue weighted by Crippen LogP contribution is -1.92. The number of pyridine rings is 1. The number of H-pyrrole nitrogens is 1. The van der Waals surface area contributed by atoms with Crippen LogP contribution < -0.4 is 5.32 Å². The Morgan fingerprint density at radius 1 is 1.15 bits per heavy atom. The average Bonchev–Trinajstić information content (AvgIpc) is 2.92. The Labute approximate surface area is 116 Å². The van der Waals surface area contributed by atoms with E-state index in [1.54, 1.807) is 18.3 Å². The van der Waals surface area contributed by atoms with Gasteiger partial charge in [-0.2, -0.15) is 5.10 Å². The van der Waals surface area contributed by atoms with Gasteiger partial charge in [-0.3, -0.25) is 10.1 Å². The fourth-order valence-corrected chi connectivity index (χ4v) is 1.97. The topological polar surface area (TPSA) is 73.8 Å². The number of phenols is 1. The normalized spacial score (nSPS) is 10.4. The Hall–Kier alpha value is -2.82. The van der Waals surface area contributed by atoms with Gasteiger partial charge in [0.2, 0.25) is 0 Å². The summed E-state index contributed by atoms with van der Waals surface area (Å²) < 4.78 is 0. The molecule has 5 heteroatoms. The Bertz CT molecular complexity index is 722. The first-order valence-electron chi connectivity index (χ1n) is 6.26. The quantitative estimate of drug-likeness (QED) is 0.636. The number of phenolic OH excluding ortho intramolecular Hbond substituents is 1. The fraction of sp³-hybridized carbons (Fsp3) is 0.0667. The highest BCUT2D eigenvalue weighted by atomic mass is 16.3. The molecular formula is C15H14N4O. The van der Waals surface area contributed by atoms with Crippen molar-refractivity contribution in [1.82, 2.24) is 15.2 Å². The first kappa shape index (κ1) is 12.2. The van der Waals surface area contributed by atoms with E-state index in [2.05, 4.69) is 20.5 Å². The summed E-state index contributed by atoms with van der Waals surface area (Å²) in [6.45, 7) is 1.92. The molecule has 0 saturated carbocycles. The molecule has 2 heterocycles. The van der Waals surface area contributed by atoms with Gasteiger partial charge in [0.05, 0.1) is 11.4 Å². The minimum absolute atomic E-state index is 0.254. The van der Waals surface area contributed by atoms with Crippen molar-refractivity contribution in [2.24, 2.45) is 0 Å². The Kier molecular flexibility index (Phi) is 3.09. The van der Waals surface area contributed by atoms with Gasteiger partial charge in [-0.25, -0.2) is 0 Å². The summed E-state index contributed by atoms with van der Waals surface area (Å²) in [5, 5.41) is 19.8. The van der Waals surface area contributed by atoms with Crippen LogP contribution in [0.2, 0.25) is 0 Å². The van der Waals surface area contributed by atoms with E-state index in [0.717, 1.165) is 22.6 Å². The molecule has 0 fully saturated rings. The number of nitrogens with zero attached hydrogens (tertiary/aromatic N) is 2. The second kappa shape index (κ2) is 5.05. The molecule has 3 N–H and O–H groups in total. The molecule has 1 aromatic carbocycles. The summed E-state index contributed by atoms with van der Waals surface area (Å²) >= 11 is 0. The summed E-state index contributed by atoms with van der Waals surface area (Å²) in [6.07, 6.45) is 1.74. The second-order valence-electron chi connectivity index (χ2n) is 4.51. The number of hydrogen-bond donors (Lipinski definition) is 3. The zero-order valence-electron chi connectivity index (χ0n) is 11.0. The molecule has 0 atom stereocenters. The lowest BCUT2D eigenvalue weighted by Gasteiger charge is -2.06. The summed E-state index contributed by atoms with van der Waals surface area (Å²) in [7, 11) is 0. The van der Waals surface area contributed by atoms with Crippen LogP contribution in [0.25, 0.3) is 11.4 Å². The summed E-state index contributed by atoms with van der Waals surface area (Å²) in [6, 6.07) is 12.8. The molecule has 0 bridgehead atoms. The number of hydrogen-bond acceptors (Lipinski definition) is 4. The highest BCUT2D eigenvalue weighted by molar-refractivity contribution is 5.65. The van der Waals surface area contributed by atoms with E-state index in [1.807, 2.05) is 37.3 Å². The molecule has 5 nitrogen and oxygen atoms in total. The number of rotatable bonds is 3. The number of aromatic amines is 1. The lowest BCUT2D eigenvalue weighted by molar-refractivity contribution is 0.475. The molecule has 0 radical (unpaired) electrons. The molecule has 0 unspecified atom stereocenters. The molecule has 2 aromatic heterocycles. The third-order valence-electron chi connectivity index (χ3n) is 2.99. The SMILES string of the molecule is Cc1cc(O)ccc1Nc1cc(-c2ccccn2)[nH]n1. The largest absolute Gasteiger partial charge is 0.508 e.